The van der Waals surface area contributed by atoms with Crippen LogP contribution in [0, 0.1) is 5.92 Å². The van der Waals surface area contributed by atoms with Gasteiger partial charge in [0.2, 0.25) is 12.1 Å². The van der Waals surface area contributed by atoms with Crippen molar-refractivity contribution in [2.45, 2.75) is 18.5 Å². The molecule has 2 amide bonds. The van der Waals surface area contributed by atoms with Crippen LogP contribution in [0.4, 0.5) is 5.69 Å². The zero-order valence-electron chi connectivity index (χ0n) is 17.2. The highest BCUT2D eigenvalue weighted by Gasteiger charge is 2.45. The van der Waals surface area contributed by atoms with Gasteiger partial charge in [0.25, 0.3) is 5.91 Å². The summed E-state index contributed by atoms with van der Waals surface area (Å²) in [6.45, 7) is 0. The Hall–Kier alpha value is -3.73. The van der Waals surface area contributed by atoms with Crippen LogP contribution in [0.5, 0.6) is 0 Å². The minimum Gasteiger partial charge on any atom is -0.326 e. The van der Waals surface area contributed by atoms with Crippen LogP contribution in [0.1, 0.15) is 29.0 Å². The fourth-order valence-electron chi connectivity index (χ4n) is 4.24. The lowest BCUT2D eigenvalue weighted by molar-refractivity contribution is -0.128. The second-order valence-electron chi connectivity index (χ2n) is 8.03. The smallest absolute Gasteiger partial charge is 0.272 e. The van der Waals surface area contributed by atoms with Crippen molar-refractivity contribution in [1.29, 1.82) is 0 Å². The van der Waals surface area contributed by atoms with Crippen molar-refractivity contribution in [2.75, 3.05) is 11.9 Å². The van der Waals surface area contributed by atoms with Gasteiger partial charge in [-0.2, -0.15) is 0 Å². The second-order valence-corrected chi connectivity index (χ2v) is 8.03. The number of nitrogens with one attached hydrogen (secondary N) is 1. The Labute approximate surface area is 181 Å². The molecule has 0 unspecified atom stereocenters. The molecule has 0 aromatic heterocycles. The fraction of sp³-hybridized carbons (Fsp3) is 0.192. The number of benzodiazepines with no additional fused rings is 1. The number of nitrogens with zero attached hydrogens (tertiary/aromatic N) is 2. The zero-order chi connectivity index (χ0) is 21.4. The van der Waals surface area contributed by atoms with E-state index in [0.29, 0.717) is 5.71 Å². The number of hydrogen-bond acceptors (Lipinski definition) is 3. The predicted octanol–water partition coefficient (Wildman–Crippen LogP) is 3.75. The van der Waals surface area contributed by atoms with E-state index in [1.807, 2.05) is 84.9 Å². The van der Waals surface area contributed by atoms with Crippen molar-refractivity contribution in [2.24, 2.45) is 10.9 Å². The molecule has 1 heterocycles. The normalized spacial score (nSPS) is 22.2. The van der Waals surface area contributed by atoms with Gasteiger partial charge in [0.1, 0.15) is 0 Å². The fourth-order valence-corrected chi connectivity index (χ4v) is 4.24. The van der Waals surface area contributed by atoms with E-state index in [0.717, 1.165) is 28.8 Å². The van der Waals surface area contributed by atoms with Gasteiger partial charge >= 0.3 is 0 Å². The van der Waals surface area contributed by atoms with Gasteiger partial charge in [-0.15, -0.1) is 0 Å². The van der Waals surface area contributed by atoms with E-state index in [4.69, 9.17) is 4.99 Å². The van der Waals surface area contributed by atoms with Crippen LogP contribution in [0.25, 0.3) is 0 Å². The van der Waals surface area contributed by atoms with Crippen LogP contribution < -0.4 is 10.2 Å². The number of benzene rings is 3. The first-order valence-electron chi connectivity index (χ1n) is 10.5. The summed E-state index contributed by atoms with van der Waals surface area (Å²) in [4.78, 5) is 32.6. The molecule has 5 rings (SSSR count). The summed E-state index contributed by atoms with van der Waals surface area (Å²) in [5, 5.41) is 2.92. The average molecular weight is 409 g/mol. The summed E-state index contributed by atoms with van der Waals surface area (Å²) in [6.07, 6.45) is -0.167. The third-order valence-corrected chi connectivity index (χ3v) is 6.02. The summed E-state index contributed by atoms with van der Waals surface area (Å²) < 4.78 is 0. The molecular weight excluding hydrogens is 386 g/mol. The summed E-state index contributed by atoms with van der Waals surface area (Å²) in [5.41, 5.74) is 4.42. The van der Waals surface area contributed by atoms with E-state index >= 15 is 0 Å². The minimum atomic E-state index is -0.961. The number of para-hydroxylation sites is 1. The topological polar surface area (TPSA) is 61.8 Å². The highest BCUT2D eigenvalue weighted by molar-refractivity contribution is 6.20. The molecule has 31 heavy (non-hydrogen) atoms. The van der Waals surface area contributed by atoms with Gasteiger partial charge in [0.05, 0.1) is 11.4 Å². The summed E-state index contributed by atoms with van der Waals surface area (Å²) in [6, 6.07) is 27.5. The van der Waals surface area contributed by atoms with Gasteiger partial charge in [0, 0.05) is 24.1 Å². The highest BCUT2D eigenvalue weighted by atomic mass is 16.2. The number of carbonyl (C=O) groups excluding carboxylic acids is 2. The minimum absolute atomic E-state index is 0.122. The molecule has 1 saturated carbocycles. The lowest BCUT2D eigenvalue weighted by Crippen LogP contribution is -2.46. The molecule has 154 valence electrons. The molecule has 0 radical (unpaired) electrons. The zero-order valence-corrected chi connectivity index (χ0v) is 17.2. The van der Waals surface area contributed by atoms with Crippen LogP contribution in [0.2, 0.25) is 0 Å². The van der Waals surface area contributed by atoms with Gasteiger partial charge in [-0.05, 0) is 24.0 Å². The summed E-state index contributed by atoms with van der Waals surface area (Å²) >= 11 is 0. The van der Waals surface area contributed by atoms with Crippen molar-refractivity contribution in [1.82, 2.24) is 5.32 Å². The van der Waals surface area contributed by atoms with Crippen molar-refractivity contribution in [3.8, 4) is 0 Å². The third-order valence-electron chi connectivity index (χ3n) is 6.02. The average Bonchev–Trinajstić information content (AvgIpc) is 3.63. The maximum absolute atomic E-state index is 13.2. The van der Waals surface area contributed by atoms with Gasteiger partial charge in [-0.3, -0.25) is 9.59 Å². The molecular formula is C26H23N3O2. The van der Waals surface area contributed by atoms with Crippen LogP contribution in [0.15, 0.2) is 89.9 Å². The van der Waals surface area contributed by atoms with E-state index < -0.39 is 6.17 Å². The van der Waals surface area contributed by atoms with Gasteiger partial charge in [-0.25, -0.2) is 4.99 Å². The molecule has 1 fully saturated rings. The Balaban J connectivity index is 1.46. The van der Waals surface area contributed by atoms with Crippen LogP contribution in [0.3, 0.4) is 0 Å². The van der Waals surface area contributed by atoms with Crippen molar-refractivity contribution >= 4 is 23.2 Å². The second kappa shape index (κ2) is 7.84. The van der Waals surface area contributed by atoms with Crippen molar-refractivity contribution in [3.63, 3.8) is 0 Å². The number of hydrogen-bond donors (Lipinski definition) is 1. The maximum Gasteiger partial charge on any atom is 0.272 e. The molecule has 0 spiro atoms. The lowest BCUT2D eigenvalue weighted by Gasteiger charge is -2.21. The van der Waals surface area contributed by atoms with Gasteiger partial charge in [-0.1, -0.05) is 78.9 Å². The number of fused-ring (bicyclic) bond motifs is 1. The SMILES string of the molecule is CN1C(=O)[C@H](NC(=O)[C@@H]2C[C@H]2c2ccccc2)N=C(c2ccccc2)c2ccccc21. The number of rotatable bonds is 4. The largest absolute Gasteiger partial charge is 0.326 e. The van der Waals surface area contributed by atoms with Gasteiger partial charge in [0.15, 0.2) is 0 Å². The van der Waals surface area contributed by atoms with Gasteiger partial charge < -0.3 is 10.2 Å². The molecule has 0 bridgehead atoms. The Kier molecular flexibility index (Phi) is 4.86. The standard InChI is InChI=1S/C26H23N3O2/c1-29-22-15-9-8-14-19(22)23(18-12-6-3-7-13-18)27-24(26(29)31)28-25(30)21-16-20(21)17-10-4-2-5-11-17/h2-15,20-21,24H,16H2,1H3,(H,28,30)/t20-,21+,24-/m0/s1. The van der Waals surface area contributed by atoms with Crippen LogP contribution in [-0.4, -0.2) is 30.7 Å². The molecule has 0 saturated heterocycles. The molecule has 2 aliphatic rings. The van der Waals surface area contributed by atoms with E-state index in [9.17, 15) is 9.59 Å². The van der Waals surface area contributed by atoms with E-state index in [-0.39, 0.29) is 23.7 Å². The maximum atomic E-state index is 13.2. The number of likely N-dealkylation sites (N-methyl/N-ethyl adjacent to an activating group) is 1. The predicted molar refractivity (Wildman–Crippen MR) is 121 cm³/mol. The Morgan fingerprint density at radius 1 is 0.935 bits per heavy atom. The van der Waals surface area contributed by atoms with Crippen LogP contribution >= 0.6 is 0 Å². The molecule has 3 aromatic carbocycles. The molecule has 1 aliphatic heterocycles. The molecule has 1 N–H and O–H groups in total. The Morgan fingerprint density at radius 2 is 1.58 bits per heavy atom. The van der Waals surface area contributed by atoms with Crippen LogP contribution in [-0.2, 0) is 9.59 Å². The lowest BCUT2D eigenvalue weighted by atomic mass is 10.0. The molecule has 1 aliphatic carbocycles. The molecule has 3 aromatic rings. The first-order chi connectivity index (χ1) is 15.1. The van der Waals surface area contributed by atoms with E-state index in [1.54, 1.807) is 11.9 Å². The first kappa shape index (κ1) is 19.2. The highest BCUT2D eigenvalue weighted by Crippen LogP contribution is 2.47. The summed E-state index contributed by atoms with van der Waals surface area (Å²) in [5.74, 6) is -0.289. The first-order valence-corrected chi connectivity index (χ1v) is 10.5. The number of anilines is 1. The Bertz CT molecular complexity index is 1160. The number of aliphatic imine (C=N–C) groups is 1. The van der Waals surface area contributed by atoms with Crippen molar-refractivity contribution in [3.05, 3.63) is 102 Å². The quantitative estimate of drug-likeness (QED) is 0.713. The summed E-state index contributed by atoms with van der Waals surface area (Å²) in [7, 11) is 1.73. The number of amides is 2. The molecule has 5 heteroatoms. The van der Waals surface area contributed by atoms with Crippen molar-refractivity contribution < 1.29 is 9.59 Å². The number of carbonyl (C=O) groups is 2. The monoisotopic (exact) mass is 409 g/mol. The van der Waals surface area contributed by atoms with E-state index in [2.05, 4.69) is 5.32 Å². The van der Waals surface area contributed by atoms with E-state index in [1.165, 1.54) is 0 Å². The third kappa shape index (κ3) is 3.63. The molecule has 5 nitrogen and oxygen atoms in total. The molecule has 3 atom stereocenters. The Morgan fingerprint density at radius 3 is 2.32 bits per heavy atom.